The number of aromatic nitrogens is 2. The second-order valence-electron chi connectivity index (χ2n) is 5.06. The van der Waals surface area contributed by atoms with E-state index in [1.807, 2.05) is 6.92 Å². The summed E-state index contributed by atoms with van der Waals surface area (Å²) in [6.07, 6.45) is 6.28. The van der Waals surface area contributed by atoms with Crippen LogP contribution in [0.5, 0.6) is 0 Å². The van der Waals surface area contributed by atoms with Crippen molar-refractivity contribution >= 4 is 0 Å². The van der Waals surface area contributed by atoms with Gasteiger partial charge in [-0.25, -0.2) is 0 Å². The summed E-state index contributed by atoms with van der Waals surface area (Å²) in [5.74, 6) is 0. The van der Waals surface area contributed by atoms with E-state index >= 15 is 0 Å². The number of nitrogens with one attached hydrogen (secondary N) is 1. The summed E-state index contributed by atoms with van der Waals surface area (Å²) in [6.45, 7) is 9.72. The van der Waals surface area contributed by atoms with Crippen LogP contribution in [0.1, 0.15) is 44.1 Å². The van der Waals surface area contributed by atoms with Crippen LogP contribution in [-0.4, -0.2) is 40.5 Å². The van der Waals surface area contributed by atoms with Crippen molar-refractivity contribution in [2.75, 3.05) is 19.6 Å². The largest absolute Gasteiger partial charge is 0.308 e. The quantitative estimate of drug-likeness (QED) is 0.800. The Morgan fingerprint density at radius 1 is 1.39 bits per heavy atom. The molecule has 1 fully saturated rings. The molecule has 4 nitrogen and oxygen atoms in total. The first kappa shape index (κ1) is 13.4. The van der Waals surface area contributed by atoms with Crippen molar-refractivity contribution in [3.05, 3.63) is 23.8 Å². The third-order valence-corrected chi connectivity index (χ3v) is 3.65. The van der Waals surface area contributed by atoms with Crippen LogP contribution in [0.4, 0.5) is 0 Å². The van der Waals surface area contributed by atoms with Gasteiger partial charge >= 0.3 is 0 Å². The highest BCUT2D eigenvalue weighted by molar-refractivity contribution is 5.12. The number of nitrogens with zero attached hydrogens (tertiary/aromatic N) is 3. The van der Waals surface area contributed by atoms with Gasteiger partial charge in [0.15, 0.2) is 0 Å². The van der Waals surface area contributed by atoms with E-state index in [1.165, 1.54) is 12.8 Å². The maximum absolute atomic E-state index is 4.40. The van der Waals surface area contributed by atoms with E-state index in [4.69, 9.17) is 0 Å². The first-order valence-corrected chi connectivity index (χ1v) is 6.97. The highest BCUT2D eigenvalue weighted by Gasteiger charge is 2.27. The minimum atomic E-state index is 0.275. The summed E-state index contributed by atoms with van der Waals surface area (Å²) in [4.78, 5) is 11.2. The van der Waals surface area contributed by atoms with Gasteiger partial charge in [0.25, 0.3) is 0 Å². The van der Waals surface area contributed by atoms with Crippen molar-refractivity contribution < 1.29 is 0 Å². The van der Waals surface area contributed by atoms with E-state index in [-0.39, 0.29) is 6.04 Å². The molecule has 1 aromatic rings. The normalized spacial score (nSPS) is 17.1. The average Bonchev–Trinajstić information content (AvgIpc) is 3.19. The van der Waals surface area contributed by atoms with E-state index in [0.717, 1.165) is 37.1 Å². The summed E-state index contributed by atoms with van der Waals surface area (Å²) in [5, 5.41) is 3.54. The highest BCUT2D eigenvalue weighted by Crippen LogP contribution is 2.25. The molecule has 2 rings (SSSR count). The van der Waals surface area contributed by atoms with Crippen molar-refractivity contribution in [1.82, 2.24) is 20.2 Å². The van der Waals surface area contributed by atoms with E-state index in [0.29, 0.717) is 0 Å². The van der Waals surface area contributed by atoms with Gasteiger partial charge in [0.05, 0.1) is 11.4 Å². The predicted molar refractivity (Wildman–Crippen MR) is 73.5 cm³/mol. The molecule has 0 spiro atoms. The van der Waals surface area contributed by atoms with E-state index in [2.05, 4.69) is 34.0 Å². The minimum Gasteiger partial charge on any atom is -0.308 e. The van der Waals surface area contributed by atoms with Crippen molar-refractivity contribution in [3.8, 4) is 0 Å². The second kappa shape index (κ2) is 6.25. The van der Waals surface area contributed by atoms with Gasteiger partial charge in [0.1, 0.15) is 0 Å². The fourth-order valence-electron chi connectivity index (χ4n) is 2.40. The van der Waals surface area contributed by atoms with Crippen LogP contribution in [0.3, 0.4) is 0 Å². The fourth-order valence-corrected chi connectivity index (χ4v) is 2.40. The average molecular weight is 248 g/mol. The molecule has 0 aliphatic heterocycles. The molecule has 0 bridgehead atoms. The highest BCUT2D eigenvalue weighted by atomic mass is 15.2. The molecule has 1 unspecified atom stereocenters. The van der Waals surface area contributed by atoms with Crippen molar-refractivity contribution in [3.63, 3.8) is 0 Å². The molecular weight excluding hydrogens is 224 g/mol. The Balaban J connectivity index is 1.77. The van der Waals surface area contributed by atoms with Gasteiger partial charge in [0.2, 0.25) is 0 Å². The van der Waals surface area contributed by atoms with Crippen LogP contribution in [-0.2, 0) is 0 Å². The Morgan fingerprint density at radius 3 is 2.72 bits per heavy atom. The molecule has 1 saturated carbocycles. The molecule has 0 saturated heterocycles. The lowest BCUT2D eigenvalue weighted by Crippen LogP contribution is -2.34. The zero-order chi connectivity index (χ0) is 13.0. The summed E-state index contributed by atoms with van der Waals surface area (Å²) < 4.78 is 0. The Morgan fingerprint density at radius 2 is 2.11 bits per heavy atom. The zero-order valence-corrected chi connectivity index (χ0v) is 11.7. The predicted octanol–water partition coefficient (Wildman–Crippen LogP) is 1.92. The van der Waals surface area contributed by atoms with Gasteiger partial charge in [-0.1, -0.05) is 6.92 Å². The number of hydrogen-bond donors (Lipinski definition) is 1. The molecular formula is C14H24N4. The Bertz CT molecular complexity index is 376. The van der Waals surface area contributed by atoms with Crippen molar-refractivity contribution in [1.29, 1.82) is 0 Å². The third kappa shape index (κ3) is 3.50. The monoisotopic (exact) mass is 248 g/mol. The lowest BCUT2D eigenvalue weighted by molar-refractivity contribution is 0.273. The lowest BCUT2D eigenvalue weighted by Gasteiger charge is -2.21. The Labute approximate surface area is 110 Å². The van der Waals surface area contributed by atoms with Gasteiger partial charge in [-0.3, -0.25) is 14.9 Å². The molecule has 0 amide bonds. The lowest BCUT2D eigenvalue weighted by atomic mass is 10.2. The number of aryl methyl sites for hydroxylation is 1. The van der Waals surface area contributed by atoms with Gasteiger partial charge < -0.3 is 5.32 Å². The SMILES string of the molecule is CCN(CCNC(C)c1nccnc1C)C1CC1. The van der Waals surface area contributed by atoms with Crippen molar-refractivity contribution in [2.24, 2.45) is 0 Å². The minimum absolute atomic E-state index is 0.275. The van der Waals surface area contributed by atoms with Gasteiger partial charge in [-0.2, -0.15) is 0 Å². The summed E-state index contributed by atoms with van der Waals surface area (Å²) >= 11 is 0. The van der Waals surface area contributed by atoms with E-state index in [9.17, 15) is 0 Å². The van der Waals surface area contributed by atoms with Crippen LogP contribution in [0.15, 0.2) is 12.4 Å². The fraction of sp³-hybridized carbons (Fsp3) is 0.714. The van der Waals surface area contributed by atoms with Gasteiger partial charge in [-0.15, -0.1) is 0 Å². The number of hydrogen-bond acceptors (Lipinski definition) is 4. The molecule has 0 radical (unpaired) electrons. The molecule has 4 heteroatoms. The first-order chi connectivity index (χ1) is 8.72. The molecule has 1 heterocycles. The standard InChI is InChI=1S/C14H24N4/c1-4-18(13-5-6-13)10-9-16-12(3)14-11(2)15-7-8-17-14/h7-8,12-13,16H,4-6,9-10H2,1-3H3. The maximum atomic E-state index is 4.40. The molecule has 1 aliphatic carbocycles. The summed E-state index contributed by atoms with van der Waals surface area (Å²) in [7, 11) is 0. The molecule has 18 heavy (non-hydrogen) atoms. The van der Waals surface area contributed by atoms with Gasteiger partial charge in [-0.05, 0) is 33.2 Å². The smallest absolute Gasteiger partial charge is 0.0782 e. The van der Waals surface area contributed by atoms with Crippen LogP contribution in [0.25, 0.3) is 0 Å². The molecule has 100 valence electrons. The molecule has 1 N–H and O–H groups in total. The van der Waals surface area contributed by atoms with Gasteiger partial charge in [0, 0.05) is 37.6 Å². The number of rotatable bonds is 7. The Hall–Kier alpha value is -1.00. The topological polar surface area (TPSA) is 41.0 Å². The van der Waals surface area contributed by atoms with Crippen molar-refractivity contribution in [2.45, 2.75) is 45.7 Å². The van der Waals surface area contributed by atoms with E-state index in [1.54, 1.807) is 12.4 Å². The van der Waals surface area contributed by atoms with Crippen LogP contribution in [0, 0.1) is 6.92 Å². The zero-order valence-electron chi connectivity index (χ0n) is 11.7. The Kier molecular flexibility index (Phi) is 4.66. The van der Waals surface area contributed by atoms with E-state index < -0.39 is 0 Å². The number of likely N-dealkylation sites (N-methyl/N-ethyl adjacent to an activating group) is 1. The summed E-state index contributed by atoms with van der Waals surface area (Å²) in [6, 6.07) is 1.13. The van der Waals surface area contributed by atoms with Crippen LogP contribution >= 0.6 is 0 Å². The first-order valence-electron chi connectivity index (χ1n) is 6.97. The maximum Gasteiger partial charge on any atom is 0.0782 e. The molecule has 1 atom stereocenters. The summed E-state index contributed by atoms with van der Waals surface area (Å²) in [5.41, 5.74) is 2.08. The molecule has 1 aliphatic rings. The molecule has 0 aromatic carbocycles. The van der Waals surface area contributed by atoms with Crippen LogP contribution in [0.2, 0.25) is 0 Å². The van der Waals surface area contributed by atoms with Crippen LogP contribution < -0.4 is 5.32 Å². The third-order valence-electron chi connectivity index (χ3n) is 3.65. The second-order valence-corrected chi connectivity index (χ2v) is 5.06. The molecule has 1 aromatic heterocycles.